The topological polar surface area (TPSA) is 100 Å². The van der Waals surface area contributed by atoms with Crippen molar-refractivity contribution in [2.24, 2.45) is 10.2 Å². The van der Waals surface area contributed by atoms with Crippen molar-refractivity contribution in [3.05, 3.63) is 38.7 Å². The average molecular weight is 412 g/mol. The van der Waals surface area contributed by atoms with Gasteiger partial charge >= 0.3 is 5.97 Å². The van der Waals surface area contributed by atoms with Crippen LogP contribution in [0.5, 0.6) is 5.75 Å². The number of carbonyl (C=O) groups excluding carboxylic acids is 2. The quantitative estimate of drug-likeness (QED) is 0.342. The Morgan fingerprint density at radius 1 is 1.50 bits per heavy atom. The molecule has 1 fully saturated rings. The standard InChI is InChI=1S/C15H14BrN3O4S/c1-3-8-4-9(13(21)10(16)5-8)7-17-19-15-18-14(22)11(24-15)6-12(20)23-2/h4-7,21H,3H2,1-2H3,(H,18,19,22)/b11-6+,17-7?. The van der Waals surface area contributed by atoms with E-state index in [0.29, 0.717) is 10.0 Å². The number of esters is 1. The molecule has 1 saturated heterocycles. The van der Waals surface area contributed by atoms with Crippen molar-refractivity contribution >= 4 is 51.0 Å². The Hall–Kier alpha value is -2.13. The predicted octanol–water partition coefficient (Wildman–Crippen LogP) is 2.33. The lowest BCUT2D eigenvalue weighted by Gasteiger charge is -2.04. The Labute approximate surface area is 151 Å². The Morgan fingerprint density at radius 3 is 2.92 bits per heavy atom. The number of ether oxygens (including phenoxy) is 1. The van der Waals surface area contributed by atoms with Crippen LogP contribution in [-0.2, 0) is 20.7 Å². The highest BCUT2D eigenvalue weighted by molar-refractivity contribution is 9.10. The molecule has 1 amide bonds. The third-order valence-corrected chi connectivity index (χ3v) is 4.51. The minimum absolute atomic E-state index is 0.0607. The van der Waals surface area contributed by atoms with Crippen molar-refractivity contribution in [2.75, 3.05) is 7.11 Å². The number of halogens is 1. The Kier molecular flexibility index (Phi) is 6.16. The summed E-state index contributed by atoms with van der Waals surface area (Å²) < 4.78 is 5.04. The van der Waals surface area contributed by atoms with E-state index in [1.54, 1.807) is 6.07 Å². The van der Waals surface area contributed by atoms with Gasteiger partial charge in [0.25, 0.3) is 5.91 Å². The molecule has 0 radical (unpaired) electrons. The highest BCUT2D eigenvalue weighted by Crippen LogP contribution is 2.29. The molecule has 2 N–H and O–H groups in total. The predicted molar refractivity (Wildman–Crippen MR) is 96.0 cm³/mol. The van der Waals surface area contributed by atoms with Gasteiger partial charge in [-0.2, -0.15) is 5.10 Å². The molecule has 24 heavy (non-hydrogen) atoms. The van der Waals surface area contributed by atoms with Gasteiger partial charge in [0.2, 0.25) is 0 Å². The molecule has 0 atom stereocenters. The highest BCUT2D eigenvalue weighted by atomic mass is 79.9. The van der Waals surface area contributed by atoms with E-state index in [1.807, 2.05) is 13.0 Å². The van der Waals surface area contributed by atoms with Crippen LogP contribution in [0.3, 0.4) is 0 Å². The summed E-state index contributed by atoms with van der Waals surface area (Å²) in [6.45, 7) is 2.00. The van der Waals surface area contributed by atoms with Gasteiger partial charge in [0.15, 0.2) is 5.17 Å². The monoisotopic (exact) mass is 411 g/mol. The van der Waals surface area contributed by atoms with E-state index >= 15 is 0 Å². The number of rotatable bonds is 4. The van der Waals surface area contributed by atoms with E-state index in [4.69, 9.17) is 0 Å². The number of hydrogen-bond acceptors (Lipinski definition) is 7. The number of benzene rings is 1. The first-order valence-electron chi connectivity index (χ1n) is 6.85. The molecule has 1 aliphatic heterocycles. The van der Waals surface area contributed by atoms with Crippen molar-refractivity contribution in [3.8, 4) is 5.75 Å². The fourth-order valence-corrected chi connectivity index (χ4v) is 3.03. The van der Waals surface area contributed by atoms with Crippen molar-refractivity contribution in [1.29, 1.82) is 0 Å². The van der Waals surface area contributed by atoms with Gasteiger partial charge in [-0.15, -0.1) is 5.10 Å². The molecular weight excluding hydrogens is 398 g/mol. The number of amidine groups is 1. The molecule has 0 aliphatic carbocycles. The number of phenols is 1. The van der Waals surface area contributed by atoms with Gasteiger partial charge in [-0.3, -0.25) is 10.1 Å². The Balaban J connectivity index is 2.16. The van der Waals surface area contributed by atoms with Crippen LogP contribution in [0.15, 0.2) is 37.8 Å². The lowest BCUT2D eigenvalue weighted by Crippen LogP contribution is -2.19. The first kappa shape index (κ1) is 18.2. The molecule has 1 aliphatic rings. The zero-order valence-corrected chi connectivity index (χ0v) is 15.3. The number of aromatic hydroxyl groups is 1. The molecule has 0 saturated carbocycles. The van der Waals surface area contributed by atoms with E-state index in [-0.39, 0.29) is 15.8 Å². The van der Waals surface area contributed by atoms with Crippen molar-refractivity contribution in [1.82, 2.24) is 5.32 Å². The summed E-state index contributed by atoms with van der Waals surface area (Å²) in [6, 6.07) is 3.63. The third-order valence-electron chi connectivity index (χ3n) is 3.01. The minimum atomic E-state index is -0.622. The second kappa shape index (κ2) is 8.11. The summed E-state index contributed by atoms with van der Waals surface area (Å²) in [7, 11) is 1.23. The number of nitrogens with zero attached hydrogens (tertiary/aromatic N) is 2. The number of thioether (sulfide) groups is 1. The number of amides is 1. The highest BCUT2D eigenvalue weighted by Gasteiger charge is 2.25. The smallest absolute Gasteiger partial charge is 0.331 e. The zero-order chi connectivity index (χ0) is 17.7. The summed E-state index contributed by atoms with van der Waals surface area (Å²) in [5.41, 5.74) is 1.53. The van der Waals surface area contributed by atoms with Crippen LogP contribution < -0.4 is 5.32 Å². The van der Waals surface area contributed by atoms with Gasteiger partial charge in [0.05, 0.1) is 22.7 Å². The van der Waals surface area contributed by atoms with Gasteiger partial charge in [0, 0.05) is 11.6 Å². The largest absolute Gasteiger partial charge is 0.506 e. The number of aryl methyl sites for hydroxylation is 1. The first-order chi connectivity index (χ1) is 11.4. The fraction of sp³-hybridized carbons (Fsp3) is 0.200. The number of methoxy groups -OCH3 is 1. The molecule has 1 aromatic carbocycles. The zero-order valence-electron chi connectivity index (χ0n) is 12.9. The Bertz CT molecular complexity index is 774. The number of nitrogens with one attached hydrogen (secondary N) is 1. The Morgan fingerprint density at radius 2 is 2.25 bits per heavy atom. The molecule has 0 aromatic heterocycles. The van der Waals surface area contributed by atoms with Crippen LogP contribution in [0.4, 0.5) is 0 Å². The van der Waals surface area contributed by atoms with Gasteiger partial charge in [0.1, 0.15) is 5.75 Å². The maximum atomic E-state index is 11.7. The van der Waals surface area contributed by atoms with Crippen LogP contribution in [0, 0.1) is 0 Å². The molecular formula is C15H14BrN3O4S. The van der Waals surface area contributed by atoms with Crippen LogP contribution in [0.1, 0.15) is 18.1 Å². The molecule has 7 nitrogen and oxygen atoms in total. The van der Waals surface area contributed by atoms with Gasteiger partial charge in [-0.25, -0.2) is 4.79 Å². The molecule has 0 unspecified atom stereocenters. The van der Waals surface area contributed by atoms with Crippen LogP contribution in [0.2, 0.25) is 0 Å². The number of carbonyl (C=O) groups is 2. The maximum Gasteiger partial charge on any atom is 0.331 e. The molecule has 1 aromatic rings. The lowest BCUT2D eigenvalue weighted by atomic mass is 10.1. The molecule has 0 spiro atoms. The average Bonchev–Trinajstić information content (AvgIpc) is 2.90. The SMILES string of the molecule is CCc1cc(Br)c(O)c(C=N/N=C2/NC(=O)/C(=C\C(=O)OC)S2)c1. The van der Waals surface area contributed by atoms with Gasteiger partial charge in [-0.05, 0) is 51.8 Å². The second-order valence-corrected chi connectivity index (χ2v) is 6.49. The maximum absolute atomic E-state index is 11.7. The lowest BCUT2D eigenvalue weighted by molar-refractivity contribution is -0.135. The van der Waals surface area contributed by atoms with Gasteiger partial charge < -0.3 is 9.84 Å². The molecule has 2 rings (SSSR count). The molecule has 0 bridgehead atoms. The van der Waals surface area contributed by atoms with Crippen LogP contribution in [-0.4, -0.2) is 35.5 Å². The fourth-order valence-electron chi connectivity index (χ4n) is 1.77. The summed E-state index contributed by atoms with van der Waals surface area (Å²) in [4.78, 5) is 23.0. The minimum Gasteiger partial charge on any atom is -0.506 e. The van der Waals surface area contributed by atoms with E-state index in [0.717, 1.165) is 29.8 Å². The summed E-state index contributed by atoms with van der Waals surface area (Å²) >= 11 is 4.26. The van der Waals surface area contributed by atoms with Gasteiger partial charge in [-0.1, -0.05) is 6.92 Å². The van der Waals surface area contributed by atoms with Crippen LogP contribution in [0.25, 0.3) is 0 Å². The van der Waals surface area contributed by atoms with E-state index in [1.165, 1.54) is 13.3 Å². The number of hydrogen-bond donors (Lipinski definition) is 2. The summed E-state index contributed by atoms with van der Waals surface area (Å²) in [5, 5.41) is 20.5. The van der Waals surface area contributed by atoms with Crippen molar-refractivity contribution in [3.63, 3.8) is 0 Å². The molecule has 126 valence electrons. The summed E-state index contributed by atoms with van der Waals surface area (Å²) in [5.74, 6) is -1.01. The summed E-state index contributed by atoms with van der Waals surface area (Å²) in [6.07, 6.45) is 3.28. The number of phenolic OH excluding ortho intramolecular Hbond substituents is 1. The second-order valence-electron chi connectivity index (χ2n) is 4.61. The van der Waals surface area contributed by atoms with Crippen LogP contribution >= 0.6 is 27.7 Å². The van der Waals surface area contributed by atoms with E-state index in [9.17, 15) is 14.7 Å². The van der Waals surface area contributed by atoms with Crippen molar-refractivity contribution in [2.45, 2.75) is 13.3 Å². The van der Waals surface area contributed by atoms with Crippen molar-refractivity contribution < 1.29 is 19.4 Å². The first-order valence-corrected chi connectivity index (χ1v) is 8.46. The third kappa shape index (κ3) is 4.45. The normalized spacial score (nSPS) is 17.7. The van der Waals surface area contributed by atoms with E-state index in [2.05, 4.69) is 36.2 Å². The molecule has 1 heterocycles. The van der Waals surface area contributed by atoms with E-state index < -0.39 is 11.9 Å². The molecule has 9 heteroatoms.